The van der Waals surface area contributed by atoms with Gasteiger partial charge in [0, 0.05) is 32.7 Å². The van der Waals surface area contributed by atoms with Gasteiger partial charge < -0.3 is 15.1 Å². The summed E-state index contributed by atoms with van der Waals surface area (Å²) in [4.78, 5) is 39.3. The lowest BCUT2D eigenvalue weighted by Crippen LogP contribution is -2.53. The van der Waals surface area contributed by atoms with Gasteiger partial charge in [0.05, 0.1) is 0 Å². The van der Waals surface area contributed by atoms with Crippen molar-refractivity contribution >= 4 is 18.2 Å². The predicted molar refractivity (Wildman–Crippen MR) is 89.0 cm³/mol. The number of piperazine rings is 1. The largest absolute Gasteiger partial charge is 0.355 e. The van der Waals surface area contributed by atoms with E-state index in [1.807, 2.05) is 0 Å². The molecule has 0 bridgehead atoms. The van der Waals surface area contributed by atoms with E-state index in [4.69, 9.17) is 0 Å². The Morgan fingerprint density at radius 2 is 1.76 bits per heavy atom. The van der Waals surface area contributed by atoms with Crippen LogP contribution in [0.1, 0.15) is 18.4 Å². The molecule has 1 aliphatic heterocycles. The monoisotopic (exact) mass is 347 g/mol. The second-order valence-corrected chi connectivity index (χ2v) is 6.65. The number of carbonyl (C=O) groups excluding carboxylic acids is 3. The number of nitrogens with zero attached hydrogens (tertiary/aromatic N) is 2. The average molecular weight is 347 g/mol. The zero-order valence-electron chi connectivity index (χ0n) is 14.0. The zero-order chi connectivity index (χ0) is 17.9. The van der Waals surface area contributed by atoms with Gasteiger partial charge in [-0.2, -0.15) is 0 Å². The highest BCUT2D eigenvalue weighted by molar-refractivity contribution is 6.07. The summed E-state index contributed by atoms with van der Waals surface area (Å²) < 4.78 is 12.9. The molecule has 134 valence electrons. The van der Waals surface area contributed by atoms with E-state index in [2.05, 4.69) is 5.32 Å². The molecule has 1 aromatic rings. The molecule has 1 heterocycles. The van der Waals surface area contributed by atoms with Crippen molar-refractivity contribution in [3.8, 4) is 0 Å². The van der Waals surface area contributed by atoms with Crippen LogP contribution in [0.3, 0.4) is 0 Å². The van der Waals surface area contributed by atoms with E-state index in [1.165, 1.54) is 12.1 Å². The maximum atomic E-state index is 12.9. The van der Waals surface area contributed by atoms with E-state index in [0.29, 0.717) is 52.0 Å². The van der Waals surface area contributed by atoms with Crippen molar-refractivity contribution in [3.05, 3.63) is 35.6 Å². The first kappa shape index (κ1) is 17.4. The Bertz CT molecular complexity index is 650. The number of hydrogen-bond donors (Lipinski definition) is 1. The molecule has 1 N–H and O–H groups in total. The highest BCUT2D eigenvalue weighted by atomic mass is 19.1. The van der Waals surface area contributed by atoms with E-state index in [1.54, 1.807) is 21.9 Å². The number of carbonyl (C=O) groups is 3. The van der Waals surface area contributed by atoms with Crippen molar-refractivity contribution < 1.29 is 18.8 Å². The fourth-order valence-corrected chi connectivity index (χ4v) is 3.14. The highest BCUT2D eigenvalue weighted by Gasteiger charge is 2.57. The van der Waals surface area contributed by atoms with Crippen LogP contribution in [0, 0.1) is 11.2 Å². The van der Waals surface area contributed by atoms with Crippen molar-refractivity contribution in [2.45, 2.75) is 19.3 Å². The lowest BCUT2D eigenvalue weighted by molar-refractivity contribution is -0.146. The van der Waals surface area contributed by atoms with E-state index < -0.39 is 5.41 Å². The van der Waals surface area contributed by atoms with Crippen LogP contribution in [0.5, 0.6) is 0 Å². The van der Waals surface area contributed by atoms with E-state index in [9.17, 15) is 18.8 Å². The molecule has 2 fully saturated rings. The average Bonchev–Trinajstić information content (AvgIpc) is 3.45. The van der Waals surface area contributed by atoms with Crippen LogP contribution in [0.25, 0.3) is 0 Å². The topological polar surface area (TPSA) is 69.7 Å². The van der Waals surface area contributed by atoms with E-state index in [0.717, 1.165) is 12.0 Å². The van der Waals surface area contributed by atoms with Crippen molar-refractivity contribution in [1.82, 2.24) is 15.1 Å². The van der Waals surface area contributed by atoms with Crippen molar-refractivity contribution in [2.24, 2.45) is 5.41 Å². The minimum atomic E-state index is -0.924. The number of amides is 3. The molecular formula is C18H22FN3O3. The molecule has 7 heteroatoms. The summed E-state index contributed by atoms with van der Waals surface area (Å²) in [6.07, 6.45) is 2.52. The summed E-state index contributed by atoms with van der Waals surface area (Å²) in [5.74, 6) is -0.639. The first-order chi connectivity index (χ1) is 12.0. The normalized spacial score (nSPS) is 18.6. The van der Waals surface area contributed by atoms with Crippen LogP contribution in [0.15, 0.2) is 24.3 Å². The van der Waals surface area contributed by atoms with E-state index >= 15 is 0 Å². The summed E-state index contributed by atoms with van der Waals surface area (Å²) in [6, 6.07) is 6.15. The van der Waals surface area contributed by atoms with E-state index in [-0.39, 0.29) is 17.6 Å². The Morgan fingerprint density at radius 3 is 2.32 bits per heavy atom. The van der Waals surface area contributed by atoms with Crippen molar-refractivity contribution in [3.63, 3.8) is 0 Å². The Balaban J connectivity index is 1.50. The maximum absolute atomic E-state index is 12.9. The summed E-state index contributed by atoms with van der Waals surface area (Å²) >= 11 is 0. The third kappa shape index (κ3) is 3.81. The molecule has 0 atom stereocenters. The lowest BCUT2D eigenvalue weighted by Gasteiger charge is -2.34. The molecule has 0 radical (unpaired) electrons. The number of benzene rings is 1. The standard InChI is InChI=1S/C18H22FN3O3/c19-15-3-1-14(2-4-15)5-8-20-16(24)18(6-7-18)17(25)22-11-9-21(13-23)10-12-22/h1-4,13H,5-12H2,(H,20,24). The van der Waals surface area contributed by atoms with Crippen LogP contribution in [0.4, 0.5) is 4.39 Å². The second-order valence-electron chi connectivity index (χ2n) is 6.65. The van der Waals surface area contributed by atoms with Gasteiger partial charge in [0.25, 0.3) is 0 Å². The zero-order valence-corrected chi connectivity index (χ0v) is 14.0. The number of rotatable bonds is 6. The second kappa shape index (κ2) is 7.21. The number of hydrogen-bond acceptors (Lipinski definition) is 3. The maximum Gasteiger partial charge on any atom is 0.238 e. The first-order valence-corrected chi connectivity index (χ1v) is 8.57. The molecule has 1 saturated heterocycles. The minimum absolute atomic E-state index is 0.127. The molecule has 3 rings (SSSR count). The van der Waals surface area contributed by atoms with Gasteiger partial charge in [0.15, 0.2) is 0 Å². The van der Waals surface area contributed by atoms with Gasteiger partial charge in [-0.3, -0.25) is 14.4 Å². The van der Waals surface area contributed by atoms with Gasteiger partial charge in [-0.1, -0.05) is 12.1 Å². The third-order valence-corrected chi connectivity index (χ3v) is 4.96. The quantitative estimate of drug-likeness (QED) is 0.604. The molecular weight excluding hydrogens is 325 g/mol. The van der Waals surface area contributed by atoms with Crippen LogP contribution in [0.2, 0.25) is 0 Å². The molecule has 3 amide bonds. The molecule has 25 heavy (non-hydrogen) atoms. The Labute approximate surface area is 146 Å². The number of nitrogens with one attached hydrogen (secondary N) is 1. The summed E-state index contributed by atoms with van der Waals surface area (Å²) in [5.41, 5.74) is 0.00874. The van der Waals surface area contributed by atoms with Crippen LogP contribution >= 0.6 is 0 Å². The molecule has 1 aromatic carbocycles. The van der Waals surface area contributed by atoms with Gasteiger partial charge in [-0.05, 0) is 37.0 Å². The van der Waals surface area contributed by atoms with Crippen LogP contribution in [-0.4, -0.2) is 60.7 Å². The molecule has 0 aromatic heterocycles. The molecule has 1 aliphatic carbocycles. The number of halogens is 1. The van der Waals surface area contributed by atoms with Crippen molar-refractivity contribution in [2.75, 3.05) is 32.7 Å². The summed E-state index contributed by atoms with van der Waals surface area (Å²) in [6.45, 7) is 2.39. The molecule has 0 spiro atoms. The molecule has 1 saturated carbocycles. The SMILES string of the molecule is O=CN1CCN(C(=O)C2(C(=O)NCCc3ccc(F)cc3)CC2)CC1. The minimum Gasteiger partial charge on any atom is -0.355 e. The molecule has 2 aliphatic rings. The first-order valence-electron chi connectivity index (χ1n) is 8.57. The fourth-order valence-electron chi connectivity index (χ4n) is 3.14. The predicted octanol–water partition coefficient (Wildman–Crippen LogP) is 0.565. The fraction of sp³-hybridized carbons (Fsp3) is 0.500. The third-order valence-electron chi connectivity index (χ3n) is 4.96. The van der Waals surface area contributed by atoms with Crippen LogP contribution in [-0.2, 0) is 20.8 Å². The summed E-state index contributed by atoms with van der Waals surface area (Å²) in [5, 5.41) is 2.84. The van der Waals surface area contributed by atoms with Crippen molar-refractivity contribution in [1.29, 1.82) is 0 Å². The van der Waals surface area contributed by atoms with Gasteiger partial charge in [0.1, 0.15) is 11.2 Å². The molecule has 0 unspecified atom stereocenters. The summed E-state index contributed by atoms with van der Waals surface area (Å²) in [7, 11) is 0. The Hall–Kier alpha value is -2.44. The smallest absolute Gasteiger partial charge is 0.238 e. The lowest BCUT2D eigenvalue weighted by atomic mass is 10.0. The Kier molecular flexibility index (Phi) is 5.01. The van der Waals surface area contributed by atoms with Gasteiger partial charge in [0.2, 0.25) is 18.2 Å². The van der Waals surface area contributed by atoms with Gasteiger partial charge in [-0.15, -0.1) is 0 Å². The van der Waals surface area contributed by atoms with Gasteiger partial charge >= 0.3 is 0 Å². The van der Waals surface area contributed by atoms with Crippen LogP contribution < -0.4 is 5.32 Å². The van der Waals surface area contributed by atoms with Gasteiger partial charge in [-0.25, -0.2) is 4.39 Å². The molecule has 6 nitrogen and oxygen atoms in total. The Morgan fingerprint density at radius 1 is 1.12 bits per heavy atom. The highest BCUT2D eigenvalue weighted by Crippen LogP contribution is 2.47.